The number of ether oxygens (including phenoxy) is 5. The minimum absolute atomic E-state index is 0.206. The van der Waals surface area contributed by atoms with Gasteiger partial charge in [0, 0.05) is 13.5 Å². The van der Waals surface area contributed by atoms with Crippen molar-refractivity contribution in [3.8, 4) is 23.0 Å². The summed E-state index contributed by atoms with van der Waals surface area (Å²) in [6, 6.07) is 30.5. The molecular formula is C40H41NO7. The highest BCUT2D eigenvalue weighted by Gasteiger charge is 2.21. The molecule has 2 heterocycles. The van der Waals surface area contributed by atoms with Gasteiger partial charge in [-0.05, 0) is 109 Å². The Hall–Kier alpha value is -5.08. The largest absolute Gasteiger partial charge is 0.490 e. The van der Waals surface area contributed by atoms with Gasteiger partial charge in [-0.25, -0.2) is 4.79 Å². The van der Waals surface area contributed by atoms with Crippen molar-refractivity contribution in [2.75, 3.05) is 33.0 Å². The van der Waals surface area contributed by atoms with Crippen LogP contribution in [0.2, 0.25) is 0 Å². The highest BCUT2D eigenvalue weighted by molar-refractivity contribution is 5.99. The van der Waals surface area contributed by atoms with E-state index in [2.05, 4.69) is 17.9 Å². The topological polar surface area (TPSA) is 83.5 Å². The van der Waals surface area contributed by atoms with Crippen LogP contribution in [0, 0.1) is 0 Å². The van der Waals surface area contributed by atoms with E-state index < -0.39 is 5.97 Å². The molecule has 0 aliphatic carbocycles. The van der Waals surface area contributed by atoms with Gasteiger partial charge in [0.15, 0.2) is 11.5 Å². The van der Waals surface area contributed by atoms with Gasteiger partial charge in [0.1, 0.15) is 24.2 Å². The van der Waals surface area contributed by atoms with Crippen LogP contribution in [0.25, 0.3) is 11.1 Å². The zero-order valence-electron chi connectivity index (χ0n) is 27.5. The second-order valence-electron chi connectivity index (χ2n) is 12.0. The van der Waals surface area contributed by atoms with Crippen LogP contribution in [0.1, 0.15) is 66.6 Å². The Morgan fingerprint density at radius 1 is 0.750 bits per heavy atom. The van der Waals surface area contributed by atoms with Gasteiger partial charge in [-0.3, -0.25) is 9.69 Å². The quantitative estimate of drug-likeness (QED) is 0.0875. The number of rotatable bonds is 12. The minimum Gasteiger partial charge on any atom is -0.490 e. The number of allylic oxidation sites excluding steroid dienone is 1. The van der Waals surface area contributed by atoms with Gasteiger partial charge >= 0.3 is 11.9 Å². The van der Waals surface area contributed by atoms with Crippen molar-refractivity contribution in [2.45, 2.75) is 45.6 Å². The Morgan fingerprint density at radius 2 is 1.40 bits per heavy atom. The van der Waals surface area contributed by atoms with E-state index in [0.29, 0.717) is 23.6 Å². The van der Waals surface area contributed by atoms with E-state index in [4.69, 9.17) is 23.7 Å². The number of piperidine rings is 1. The number of nitrogens with zero attached hydrogens (tertiary/aromatic N) is 1. The first-order valence-electron chi connectivity index (χ1n) is 16.6. The fourth-order valence-corrected chi connectivity index (χ4v) is 6.25. The monoisotopic (exact) mass is 647 g/mol. The van der Waals surface area contributed by atoms with Gasteiger partial charge in [-0.2, -0.15) is 0 Å². The summed E-state index contributed by atoms with van der Waals surface area (Å²) in [6.07, 6.45) is 3.98. The van der Waals surface area contributed by atoms with Crippen molar-refractivity contribution in [2.24, 2.45) is 0 Å². The average Bonchev–Trinajstić information content (AvgIpc) is 3.59. The van der Waals surface area contributed by atoms with Gasteiger partial charge in [0.2, 0.25) is 6.79 Å². The average molecular weight is 648 g/mol. The summed E-state index contributed by atoms with van der Waals surface area (Å²) >= 11 is 0. The van der Waals surface area contributed by atoms with E-state index in [1.807, 2.05) is 78.9 Å². The first-order valence-corrected chi connectivity index (χ1v) is 16.6. The number of fused-ring (bicyclic) bond motifs is 1. The lowest BCUT2D eigenvalue weighted by atomic mass is 9.88. The van der Waals surface area contributed by atoms with Crippen molar-refractivity contribution in [1.82, 2.24) is 4.90 Å². The zero-order valence-corrected chi connectivity index (χ0v) is 27.5. The summed E-state index contributed by atoms with van der Waals surface area (Å²) in [5.74, 6) is 1.89. The molecule has 0 saturated carbocycles. The molecule has 8 nitrogen and oxygen atoms in total. The molecular weight excluding hydrogens is 606 g/mol. The third-order valence-corrected chi connectivity index (χ3v) is 8.56. The maximum absolute atomic E-state index is 12.7. The van der Waals surface area contributed by atoms with E-state index in [1.165, 1.54) is 26.2 Å². The molecule has 1 saturated heterocycles. The van der Waals surface area contributed by atoms with E-state index >= 15 is 0 Å². The first-order chi connectivity index (χ1) is 23.5. The molecule has 0 spiro atoms. The molecule has 0 amide bonds. The molecule has 48 heavy (non-hydrogen) atoms. The summed E-state index contributed by atoms with van der Waals surface area (Å²) in [4.78, 5) is 26.8. The minimum atomic E-state index is -0.406. The van der Waals surface area contributed by atoms with Crippen LogP contribution < -0.4 is 18.9 Å². The van der Waals surface area contributed by atoms with E-state index in [-0.39, 0.29) is 25.5 Å². The molecule has 4 aromatic rings. The fraction of sp³-hybridized carbons (Fsp3) is 0.300. The summed E-state index contributed by atoms with van der Waals surface area (Å²) < 4.78 is 28.7. The Kier molecular flexibility index (Phi) is 10.7. The smallest absolute Gasteiger partial charge is 0.343 e. The first kappa shape index (κ1) is 32.8. The number of hydrogen-bond donors (Lipinski definition) is 0. The van der Waals surface area contributed by atoms with Crippen LogP contribution in [-0.4, -0.2) is 56.0 Å². The zero-order chi connectivity index (χ0) is 33.3. The fourth-order valence-electron chi connectivity index (χ4n) is 6.25. The number of carbonyl (C=O) groups excluding carboxylic acids is 2. The van der Waals surface area contributed by atoms with Gasteiger partial charge in [0.25, 0.3) is 0 Å². The van der Waals surface area contributed by atoms with Crippen molar-refractivity contribution in [3.05, 3.63) is 119 Å². The molecule has 1 unspecified atom stereocenters. The van der Waals surface area contributed by atoms with E-state index in [0.717, 1.165) is 58.8 Å². The Balaban J connectivity index is 1.26. The molecule has 8 heteroatoms. The second kappa shape index (κ2) is 15.7. The molecule has 0 bridgehead atoms. The third kappa shape index (κ3) is 8.25. The van der Waals surface area contributed by atoms with Crippen LogP contribution in [0.3, 0.4) is 0 Å². The molecule has 248 valence electrons. The van der Waals surface area contributed by atoms with Crippen LogP contribution in [0.4, 0.5) is 0 Å². The summed E-state index contributed by atoms with van der Waals surface area (Å²) in [5.41, 5.74) is 5.63. The number of carbonyl (C=O) groups is 2. The molecule has 0 N–H and O–H groups in total. The van der Waals surface area contributed by atoms with Crippen LogP contribution in [0.5, 0.6) is 23.0 Å². The molecule has 6 rings (SSSR count). The molecule has 1 fully saturated rings. The highest BCUT2D eigenvalue weighted by atomic mass is 16.7. The lowest BCUT2D eigenvalue weighted by molar-refractivity contribution is -0.149. The normalized spacial score (nSPS) is 15.3. The summed E-state index contributed by atoms with van der Waals surface area (Å²) in [7, 11) is 0. The number of esters is 2. The molecule has 0 radical (unpaired) electrons. The van der Waals surface area contributed by atoms with Crippen molar-refractivity contribution < 1.29 is 33.3 Å². The maximum atomic E-state index is 12.7. The lowest BCUT2D eigenvalue weighted by Crippen LogP contribution is -2.40. The number of hydrogen-bond acceptors (Lipinski definition) is 8. The maximum Gasteiger partial charge on any atom is 0.343 e. The summed E-state index contributed by atoms with van der Waals surface area (Å²) in [5, 5.41) is 0. The molecule has 2 aliphatic rings. The van der Waals surface area contributed by atoms with Gasteiger partial charge in [-0.15, -0.1) is 0 Å². The van der Waals surface area contributed by atoms with E-state index in [1.54, 1.807) is 12.1 Å². The van der Waals surface area contributed by atoms with Crippen molar-refractivity contribution >= 4 is 23.1 Å². The van der Waals surface area contributed by atoms with Crippen molar-refractivity contribution in [3.63, 3.8) is 0 Å². The third-order valence-electron chi connectivity index (χ3n) is 8.56. The van der Waals surface area contributed by atoms with Crippen molar-refractivity contribution in [1.29, 1.82) is 0 Å². The molecule has 2 aliphatic heterocycles. The Morgan fingerprint density at radius 3 is 2.06 bits per heavy atom. The van der Waals surface area contributed by atoms with Gasteiger partial charge < -0.3 is 23.7 Å². The SMILES string of the molecule is CCC(=C(c1ccc(OCC(CN2CCCCC2)OC(C)=O)cc1)c1ccc(OC(=O)c2ccccc2)cc1)c1ccc2c(c1)OCO2. The van der Waals surface area contributed by atoms with Crippen LogP contribution in [-0.2, 0) is 9.53 Å². The molecule has 0 aromatic heterocycles. The van der Waals surface area contributed by atoms with Gasteiger partial charge in [-0.1, -0.05) is 61.9 Å². The van der Waals surface area contributed by atoms with Crippen LogP contribution >= 0.6 is 0 Å². The summed E-state index contributed by atoms with van der Waals surface area (Å²) in [6.45, 7) is 6.75. The number of likely N-dealkylation sites (tertiary alicyclic amines) is 1. The lowest BCUT2D eigenvalue weighted by Gasteiger charge is -2.30. The Bertz CT molecular complexity index is 1730. The molecule has 4 aromatic carbocycles. The Labute approximate surface area is 281 Å². The van der Waals surface area contributed by atoms with Gasteiger partial charge in [0.05, 0.1) is 5.56 Å². The predicted octanol–water partition coefficient (Wildman–Crippen LogP) is 7.80. The van der Waals surface area contributed by atoms with Crippen LogP contribution in [0.15, 0.2) is 97.1 Å². The standard InChI is InChI=1S/C40H41NO7/c1-3-36(32-16-21-37-38(24-32)46-27-45-37)39(30-14-19-34(20-15-30)48-40(43)31-10-6-4-7-11-31)29-12-17-33(18-13-29)44-26-35(47-28(2)42)25-41-22-8-5-9-23-41/h4,6-7,10-21,24,35H,3,5,8-9,22-23,25-27H2,1-2H3. The molecule has 1 atom stereocenters. The highest BCUT2D eigenvalue weighted by Crippen LogP contribution is 2.40. The second-order valence-corrected chi connectivity index (χ2v) is 12.0. The van der Waals surface area contributed by atoms with E-state index in [9.17, 15) is 9.59 Å². The number of benzene rings is 4. The predicted molar refractivity (Wildman–Crippen MR) is 184 cm³/mol.